The van der Waals surface area contributed by atoms with E-state index >= 15 is 0 Å². The van der Waals surface area contributed by atoms with Gasteiger partial charge in [-0.05, 0) is 18.6 Å². The van der Waals surface area contributed by atoms with Crippen molar-refractivity contribution in [3.63, 3.8) is 0 Å². The Morgan fingerprint density at radius 2 is 2.40 bits per heavy atom. The number of hydrogen-bond donors (Lipinski definition) is 0. The average molecular weight is 275 g/mol. The number of likely N-dealkylation sites (tertiary alicyclic amines) is 1. The summed E-state index contributed by atoms with van der Waals surface area (Å²) < 4.78 is 10.5. The number of amides is 1. The van der Waals surface area contributed by atoms with E-state index in [0.29, 0.717) is 18.7 Å². The summed E-state index contributed by atoms with van der Waals surface area (Å²) in [5.74, 6) is -0.120. The fourth-order valence-corrected chi connectivity index (χ4v) is 2.43. The average Bonchev–Trinajstić information content (AvgIpc) is 2.90. The second-order valence-electron chi connectivity index (χ2n) is 4.70. The number of methoxy groups -OCH3 is 2. The molecule has 106 valence electrons. The van der Waals surface area contributed by atoms with Crippen LogP contribution in [-0.2, 0) is 9.47 Å². The number of rotatable bonds is 4. The first-order chi connectivity index (χ1) is 9.69. The molecule has 0 aromatic carbocycles. The van der Waals surface area contributed by atoms with Gasteiger partial charge in [0.2, 0.25) is 0 Å². The van der Waals surface area contributed by atoms with Gasteiger partial charge in [-0.2, -0.15) is 5.26 Å². The Kier molecular flexibility index (Phi) is 4.66. The summed E-state index contributed by atoms with van der Waals surface area (Å²) in [6, 6.07) is 5.06. The molecule has 6 heteroatoms. The lowest BCUT2D eigenvalue weighted by Crippen LogP contribution is -2.38. The summed E-state index contributed by atoms with van der Waals surface area (Å²) in [6.07, 6.45) is 2.25. The number of carbonyl (C=O) groups excluding carboxylic acids is 1. The first-order valence-corrected chi connectivity index (χ1v) is 6.38. The van der Waals surface area contributed by atoms with Crippen LogP contribution in [0.25, 0.3) is 0 Å². The molecule has 0 radical (unpaired) electrons. The molecule has 2 atom stereocenters. The van der Waals surface area contributed by atoms with Crippen LogP contribution in [0.15, 0.2) is 18.3 Å². The molecular formula is C14H17N3O3. The van der Waals surface area contributed by atoms with Gasteiger partial charge in [0, 0.05) is 32.5 Å². The molecule has 6 nitrogen and oxygen atoms in total. The maximum atomic E-state index is 12.5. The van der Waals surface area contributed by atoms with Crippen LogP contribution in [0.1, 0.15) is 22.5 Å². The van der Waals surface area contributed by atoms with Crippen molar-refractivity contribution in [1.29, 1.82) is 5.26 Å². The molecule has 1 aliphatic heterocycles. The van der Waals surface area contributed by atoms with Crippen LogP contribution in [0.5, 0.6) is 0 Å². The van der Waals surface area contributed by atoms with Crippen LogP contribution in [0.2, 0.25) is 0 Å². The summed E-state index contributed by atoms with van der Waals surface area (Å²) in [6.45, 7) is 1.01. The molecule has 1 fully saturated rings. The maximum absolute atomic E-state index is 12.5. The van der Waals surface area contributed by atoms with E-state index in [1.165, 1.54) is 12.3 Å². The van der Waals surface area contributed by atoms with Crippen LogP contribution in [-0.4, -0.2) is 55.3 Å². The van der Waals surface area contributed by atoms with Crippen molar-refractivity contribution in [2.75, 3.05) is 27.4 Å². The molecule has 0 N–H and O–H groups in total. The van der Waals surface area contributed by atoms with Crippen molar-refractivity contribution >= 4 is 5.91 Å². The van der Waals surface area contributed by atoms with Crippen LogP contribution in [0.3, 0.4) is 0 Å². The third-order valence-electron chi connectivity index (χ3n) is 3.45. The molecule has 1 aromatic rings. The molecule has 0 unspecified atom stereocenters. The molecular weight excluding hydrogens is 258 g/mol. The van der Waals surface area contributed by atoms with Crippen molar-refractivity contribution in [2.24, 2.45) is 0 Å². The van der Waals surface area contributed by atoms with Crippen molar-refractivity contribution < 1.29 is 14.3 Å². The van der Waals surface area contributed by atoms with Gasteiger partial charge in [0.15, 0.2) is 0 Å². The van der Waals surface area contributed by atoms with Gasteiger partial charge < -0.3 is 14.4 Å². The highest BCUT2D eigenvalue weighted by Crippen LogP contribution is 2.22. The molecule has 0 bridgehead atoms. The third kappa shape index (κ3) is 2.95. The zero-order chi connectivity index (χ0) is 14.5. The largest absolute Gasteiger partial charge is 0.383 e. The van der Waals surface area contributed by atoms with Gasteiger partial charge in [-0.15, -0.1) is 0 Å². The van der Waals surface area contributed by atoms with Gasteiger partial charge in [0.1, 0.15) is 11.8 Å². The quantitative estimate of drug-likeness (QED) is 0.813. The van der Waals surface area contributed by atoms with Gasteiger partial charge in [-0.3, -0.25) is 4.79 Å². The standard InChI is InChI=1S/C14H17N3O3/c1-19-9-12-6-13(20-2)8-17(12)14(18)10-3-4-16-11(5-10)7-15/h3-5,12-13H,6,8-9H2,1-2H3/t12-,13+/m0/s1. The predicted octanol–water partition coefficient (Wildman–Crippen LogP) is 0.829. The Morgan fingerprint density at radius 1 is 1.60 bits per heavy atom. The van der Waals surface area contributed by atoms with E-state index in [2.05, 4.69) is 4.98 Å². The van der Waals surface area contributed by atoms with Crippen molar-refractivity contribution in [1.82, 2.24) is 9.88 Å². The van der Waals surface area contributed by atoms with E-state index in [1.54, 1.807) is 25.2 Å². The Balaban J connectivity index is 2.19. The van der Waals surface area contributed by atoms with E-state index in [4.69, 9.17) is 14.7 Å². The lowest BCUT2D eigenvalue weighted by Gasteiger charge is -2.23. The normalized spacial score (nSPS) is 21.8. The molecule has 1 aromatic heterocycles. The highest BCUT2D eigenvalue weighted by Gasteiger charge is 2.35. The number of nitriles is 1. The number of pyridine rings is 1. The first-order valence-electron chi connectivity index (χ1n) is 6.38. The van der Waals surface area contributed by atoms with E-state index in [9.17, 15) is 4.79 Å². The van der Waals surface area contributed by atoms with Gasteiger partial charge in [0.25, 0.3) is 5.91 Å². The Bertz CT molecular complexity index is 527. The van der Waals surface area contributed by atoms with Crippen LogP contribution < -0.4 is 0 Å². The number of carbonyl (C=O) groups is 1. The first kappa shape index (κ1) is 14.4. The lowest BCUT2D eigenvalue weighted by molar-refractivity contribution is 0.0612. The zero-order valence-electron chi connectivity index (χ0n) is 11.6. The Hall–Kier alpha value is -1.97. The van der Waals surface area contributed by atoms with Crippen molar-refractivity contribution in [2.45, 2.75) is 18.6 Å². The SMILES string of the molecule is COC[C@@H]1C[C@@H](OC)CN1C(=O)c1ccnc(C#N)c1. The van der Waals surface area contributed by atoms with Crippen LogP contribution >= 0.6 is 0 Å². The highest BCUT2D eigenvalue weighted by atomic mass is 16.5. The second kappa shape index (κ2) is 6.46. The molecule has 0 saturated carbocycles. The number of hydrogen-bond acceptors (Lipinski definition) is 5. The summed E-state index contributed by atoms with van der Waals surface area (Å²) in [5.41, 5.74) is 0.705. The summed E-state index contributed by atoms with van der Waals surface area (Å²) in [5, 5.41) is 8.85. The monoisotopic (exact) mass is 275 g/mol. The fraction of sp³-hybridized carbons (Fsp3) is 0.500. The topological polar surface area (TPSA) is 75.5 Å². The Morgan fingerprint density at radius 3 is 3.05 bits per heavy atom. The molecule has 2 heterocycles. The van der Waals surface area contributed by atoms with Crippen LogP contribution in [0, 0.1) is 11.3 Å². The molecule has 1 saturated heterocycles. The van der Waals surface area contributed by atoms with E-state index < -0.39 is 0 Å². The van der Waals surface area contributed by atoms with Gasteiger partial charge in [-0.1, -0.05) is 0 Å². The van der Waals surface area contributed by atoms with Gasteiger partial charge in [-0.25, -0.2) is 4.98 Å². The van der Waals surface area contributed by atoms with Crippen molar-refractivity contribution in [3.05, 3.63) is 29.6 Å². The summed E-state index contributed by atoms with van der Waals surface area (Å²) in [4.78, 5) is 18.2. The fourth-order valence-electron chi connectivity index (χ4n) is 2.43. The predicted molar refractivity (Wildman–Crippen MR) is 71.1 cm³/mol. The van der Waals surface area contributed by atoms with Crippen molar-refractivity contribution in [3.8, 4) is 6.07 Å². The third-order valence-corrected chi connectivity index (χ3v) is 3.45. The number of nitrogens with zero attached hydrogens (tertiary/aromatic N) is 3. The lowest BCUT2D eigenvalue weighted by atomic mass is 10.2. The van der Waals surface area contributed by atoms with E-state index in [-0.39, 0.29) is 23.7 Å². The smallest absolute Gasteiger partial charge is 0.254 e. The molecule has 20 heavy (non-hydrogen) atoms. The van der Waals surface area contributed by atoms with Crippen LogP contribution in [0.4, 0.5) is 0 Å². The second-order valence-corrected chi connectivity index (χ2v) is 4.70. The minimum atomic E-state index is -0.120. The highest BCUT2D eigenvalue weighted by molar-refractivity contribution is 5.94. The Labute approximate surface area is 117 Å². The molecule has 1 aliphatic rings. The summed E-state index contributed by atoms with van der Waals surface area (Å²) >= 11 is 0. The maximum Gasteiger partial charge on any atom is 0.254 e. The number of ether oxygens (including phenoxy) is 2. The summed E-state index contributed by atoms with van der Waals surface area (Å²) in [7, 11) is 3.26. The zero-order valence-corrected chi connectivity index (χ0v) is 11.6. The van der Waals surface area contributed by atoms with E-state index in [0.717, 1.165) is 6.42 Å². The molecule has 0 spiro atoms. The van der Waals surface area contributed by atoms with Gasteiger partial charge >= 0.3 is 0 Å². The molecule has 1 amide bonds. The number of aromatic nitrogens is 1. The molecule has 2 rings (SSSR count). The minimum Gasteiger partial charge on any atom is -0.383 e. The van der Waals surface area contributed by atoms with Gasteiger partial charge in [0.05, 0.1) is 18.8 Å². The minimum absolute atomic E-state index is 0.00356. The van der Waals surface area contributed by atoms with E-state index in [1.807, 2.05) is 6.07 Å². The molecule has 0 aliphatic carbocycles.